The number of carbonyl (C=O) groups excluding carboxylic acids is 3. The van der Waals surface area contributed by atoms with Crippen molar-refractivity contribution in [2.24, 2.45) is 5.73 Å². The molecule has 0 radical (unpaired) electrons. The number of rotatable bonds is 10. The molecule has 0 bridgehead atoms. The van der Waals surface area contributed by atoms with Crippen molar-refractivity contribution in [2.45, 2.75) is 63.3 Å². The Morgan fingerprint density at radius 3 is 2.71 bits per heavy atom. The molecule has 1 aliphatic carbocycles. The highest BCUT2D eigenvalue weighted by Gasteiger charge is 2.26. The molecule has 0 aliphatic heterocycles. The van der Waals surface area contributed by atoms with Crippen molar-refractivity contribution in [2.75, 3.05) is 0 Å². The van der Waals surface area contributed by atoms with Gasteiger partial charge in [0, 0.05) is 24.6 Å². The van der Waals surface area contributed by atoms with Gasteiger partial charge in [-0.15, -0.1) is 0 Å². The van der Waals surface area contributed by atoms with E-state index in [2.05, 4.69) is 10.6 Å². The van der Waals surface area contributed by atoms with E-state index in [0.29, 0.717) is 19.3 Å². The average molecular weight is 387 g/mol. The van der Waals surface area contributed by atoms with E-state index >= 15 is 0 Å². The highest BCUT2D eigenvalue weighted by atomic mass is 16.5. The molecule has 2 rings (SSSR count). The van der Waals surface area contributed by atoms with Gasteiger partial charge < -0.3 is 21.1 Å². The molecule has 4 atom stereocenters. The molecule has 0 unspecified atom stereocenters. The number of nitrogens with one attached hydrogen (secondary N) is 2. The van der Waals surface area contributed by atoms with Crippen LogP contribution in [0.4, 0.5) is 0 Å². The van der Waals surface area contributed by atoms with E-state index in [9.17, 15) is 14.4 Å². The molecule has 1 saturated carbocycles. The van der Waals surface area contributed by atoms with Crippen molar-refractivity contribution in [1.82, 2.24) is 10.6 Å². The highest BCUT2D eigenvalue weighted by Crippen LogP contribution is 2.21. The van der Waals surface area contributed by atoms with E-state index in [0.717, 1.165) is 24.8 Å². The maximum Gasteiger partial charge on any atom is 0.293 e. The first-order chi connectivity index (χ1) is 13.5. The van der Waals surface area contributed by atoms with Crippen LogP contribution in [-0.4, -0.2) is 42.5 Å². The molecule has 7 nitrogen and oxygen atoms in total. The molecule has 1 aromatic carbocycles. The van der Waals surface area contributed by atoms with Crippen LogP contribution >= 0.6 is 0 Å². The molecule has 7 heteroatoms. The molecule has 1 fully saturated rings. The first-order valence-corrected chi connectivity index (χ1v) is 9.65. The van der Waals surface area contributed by atoms with E-state index < -0.39 is 6.04 Å². The predicted octanol–water partition coefficient (Wildman–Crippen LogP) is 1.22. The van der Waals surface area contributed by atoms with Crippen LogP contribution in [0.5, 0.6) is 0 Å². The fourth-order valence-corrected chi connectivity index (χ4v) is 3.22. The van der Waals surface area contributed by atoms with Gasteiger partial charge >= 0.3 is 0 Å². The minimum atomic E-state index is -0.616. The maximum absolute atomic E-state index is 12.2. The molecule has 0 aromatic heterocycles. The zero-order valence-electron chi connectivity index (χ0n) is 16.2. The van der Waals surface area contributed by atoms with Crippen molar-refractivity contribution in [3.8, 4) is 0 Å². The van der Waals surface area contributed by atoms with Crippen LogP contribution in [0.2, 0.25) is 0 Å². The molecule has 0 saturated heterocycles. The summed E-state index contributed by atoms with van der Waals surface area (Å²) >= 11 is 0. The largest absolute Gasteiger partial charge is 0.465 e. The summed E-state index contributed by atoms with van der Waals surface area (Å²) in [5.74, 6) is -0.482. The van der Waals surface area contributed by atoms with Gasteiger partial charge in [0.1, 0.15) is 6.10 Å². The number of hydrogen-bond donors (Lipinski definition) is 3. The fourth-order valence-electron chi connectivity index (χ4n) is 3.22. The topological polar surface area (TPSA) is 111 Å². The minimum absolute atomic E-state index is 0.0106. The van der Waals surface area contributed by atoms with Gasteiger partial charge in [-0.2, -0.15) is 0 Å². The Labute approximate surface area is 165 Å². The summed E-state index contributed by atoms with van der Waals surface area (Å²) in [5.41, 5.74) is 6.80. The quantitative estimate of drug-likeness (QED) is 0.413. The highest BCUT2D eigenvalue weighted by molar-refractivity contribution is 5.88. The number of hydrogen-bond acceptors (Lipinski definition) is 5. The lowest BCUT2D eigenvalue weighted by Gasteiger charge is -2.17. The number of amides is 2. The van der Waals surface area contributed by atoms with Gasteiger partial charge in [-0.1, -0.05) is 36.4 Å². The molecule has 1 aliphatic rings. The number of aryl methyl sites for hydroxylation is 1. The van der Waals surface area contributed by atoms with Crippen LogP contribution in [0, 0.1) is 0 Å². The average Bonchev–Trinajstić information content (AvgIpc) is 3.11. The molecule has 0 spiro atoms. The molecular weight excluding hydrogens is 358 g/mol. The van der Waals surface area contributed by atoms with Crippen LogP contribution in [0.3, 0.4) is 0 Å². The summed E-state index contributed by atoms with van der Waals surface area (Å²) in [5, 5.41) is 5.78. The lowest BCUT2D eigenvalue weighted by Crippen LogP contribution is -2.43. The van der Waals surface area contributed by atoms with E-state index in [1.807, 2.05) is 30.3 Å². The summed E-state index contributed by atoms with van der Waals surface area (Å²) in [4.78, 5) is 34.6. The van der Waals surface area contributed by atoms with E-state index in [-0.39, 0.29) is 30.0 Å². The van der Waals surface area contributed by atoms with Crippen molar-refractivity contribution < 1.29 is 19.1 Å². The monoisotopic (exact) mass is 387 g/mol. The van der Waals surface area contributed by atoms with Crippen LogP contribution in [-0.2, 0) is 25.5 Å². The Balaban J connectivity index is 1.89. The maximum atomic E-state index is 12.2. The molecule has 2 amide bonds. The normalized spacial score (nSPS) is 21.1. The van der Waals surface area contributed by atoms with Crippen LogP contribution in [0.1, 0.15) is 38.2 Å². The van der Waals surface area contributed by atoms with Gasteiger partial charge in [0.05, 0.1) is 6.04 Å². The van der Waals surface area contributed by atoms with Crippen molar-refractivity contribution in [3.05, 3.63) is 48.0 Å². The molecular formula is C21H29N3O4. The van der Waals surface area contributed by atoms with E-state index in [1.54, 1.807) is 13.0 Å². The second-order valence-corrected chi connectivity index (χ2v) is 7.16. The number of ether oxygens (including phenoxy) is 1. The van der Waals surface area contributed by atoms with Crippen molar-refractivity contribution >= 4 is 18.3 Å². The lowest BCUT2D eigenvalue weighted by atomic mass is 10.0. The SMILES string of the molecule is C[C@H](N)C(=O)N[C@H](/C=C/C(=O)N[C@@H]1CC[C@H](OC=O)C1)CCc1ccccc1. The van der Waals surface area contributed by atoms with Gasteiger partial charge in [-0.3, -0.25) is 14.4 Å². The van der Waals surface area contributed by atoms with Crippen molar-refractivity contribution in [1.29, 1.82) is 0 Å². The Bertz CT molecular complexity index is 675. The van der Waals surface area contributed by atoms with Gasteiger partial charge in [0.15, 0.2) is 0 Å². The zero-order valence-corrected chi connectivity index (χ0v) is 16.2. The third kappa shape index (κ3) is 7.52. The molecule has 152 valence electrons. The van der Waals surface area contributed by atoms with E-state index in [4.69, 9.17) is 10.5 Å². The van der Waals surface area contributed by atoms with E-state index in [1.165, 1.54) is 6.08 Å². The first kappa shape index (κ1) is 21.6. The summed E-state index contributed by atoms with van der Waals surface area (Å²) < 4.78 is 4.94. The third-order valence-corrected chi connectivity index (χ3v) is 4.79. The second-order valence-electron chi connectivity index (χ2n) is 7.16. The van der Waals surface area contributed by atoms with Crippen LogP contribution < -0.4 is 16.4 Å². The Morgan fingerprint density at radius 2 is 2.04 bits per heavy atom. The summed E-state index contributed by atoms with van der Waals surface area (Å²) in [6.45, 7) is 2.07. The Hall–Kier alpha value is -2.67. The molecule has 0 heterocycles. The standard InChI is InChI=1S/C21H29N3O4/c1-15(22)21(27)24-17(8-7-16-5-3-2-4-6-16)10-12-20(26)23-18-9-11-19(13-18)28-14-25/h2-6,10,12,14-15,17-19H,7-9,11,13,22H2,1H3,(H,23,26)(H,24,27)/b12-10+/t15-,17-,18+,19-/m0/s1. The summed E-state index contributed by atoms with van der Waals surface area (Å²) in [7, 11) is 0. The minimum Gasteiger partial charge on any atom is -0.465 e. The summed E-state index contributed by atoms with van der Waals surface area (Å²) in [6, 6.07) is 9.03. The first-order valence-electron chi connectivity index (χ1n) is 9.65. The number of benzene rings is 1. The van der Waals surface area contributed by atoms with Crippen molar-refractivity contribution in [3.63, 3.8) is 0 Å². The van der Waals surface area contributed by atoms with Gasteiger partial charge in [0.25, 0.3) is 6.47 Å². The Morgan fingerprint density at radius 1 is 1.29 bits per heavy atom. The van der Waals surface area contributed by atoms with Crippen LogP contribution in [0.25, 0.3) is 0 Å². The third-order valence-electron chi connectivity index (χ3n) is 4.79. The van der Waals surface area contributed by atoms with Gasteiger partial charge in [0.2, 0.25) is 11.8 Å². The smallest absolute Gasteiger partial charge is 0.293 e. The molecule has 1 aromatic rings. The zero-order chi connectivity index (χ0) is 20.4. The number of nitrogens with two attached hydrogens (primary N) is 1. The van der Waals surface area contributed by atoms with Gasteiger partial charge in [-0.25, -0.2) is 0 Å². The Kier molecular flexibility index (Phi) is 8.68. The van der Waals surface area contributed by atoms with Gasteiger partial charge in [-0.05, 0) is 38.2 Å². The number of carbonyl (C=O) groups is 3. The van der Waals surface area contributed by atoms with Crippen LogP contribution in [0.15, 0.2) is 42.5 Å². The summed E-state index contributed by atoms with van der Waals surface area (Å²) in [6.07, 6.45) is 6.59. The fraction of sp³-hybridized carbons (Fsp3) is 0.476. The second kappa shape index (κ2) is 11.2. The molecule has 4 N–H and O–H groups in total. The lowest BCUT2D eigenvalue weighted by molar-refractivity contribution is -0.133. The molecule has 28 heavy (non-hydrogen) atoms. The predicted molar refractivity (Wildman–Crippen MR) is 106 cm³/mol.